The number of piperidine rings is 1. The van der Waals surface area contributed by atoms with E-state index in [2.05, 4.69) is 6.07 Å². The third-order valence-corrected chi connectivity index (χ3v) is 3.02. The van der Waals surface area contributed by atoms with Crippen molar-refractivity contribution < 1.29 is 4.79 Å². The van der Waals surface area contributed by atoms with Gasteiger partial charge >= 0.3 is 0 Å². The summed E-state index contributed by atoms with van der Waals surface area (Å²) >= 11 is 0. The van der Waals surface area contributed by atoms with Crippen molar-refractivity contribution in [3.63, 3.8) is 0 Å². The summed E-state index contributed by atoms with van der Waals surface area (Å²) in [7, 11) is 0. The molecule has 78 valence electrons. The molecule has 1 rings (SSSR count). The van der Waals surface area contributed by atoms with Crippen LogP contribution in [0.25, 0.3) is 0 Å². The Bertz CT molecular complexity index is 236. The van der Waals surface area contributed by atoms with Gasteiger partial charge in [-0.05, 0) is 19.3 Å². The van der Waals surface area contributed by atoms with Gasteiger partial charge in [-0.25, -0.2) is 0 Å². The third kappa shape index (κ3) is 2.47. The first-order valence-electron chi connectivity index (χ1n) is 5.37. The second-order valence-electron chi connectivity index (χ2n) is 4.04. The van der Waals surface area contributed by atoms with Gasteiger partial charge in [-0.1, -0.05) is 13.8 Å². The lowest BCUT2D eigenvalue weighted by molar-refractivity contribution is -0.136. The number of nitriles is 1. The third-order valence-electron chi connectivity index (χ3n) is 3.02. The molecule has 0 aromatic rings. The highest BCUT2D eigenvalue weighted by atomic mass is 16.2. The molecule has 0 bridgehead atoms. The van der Waals surface area contributed by atoms with Gasteiger partial charge in [0.1, 0.15) is 0 Å². The first-order chi connectivity index (χ1) is 6.69. The molecule has 0 aliphatic carbocycles. The molecule has 1 amide bonds. The largest absolute Gasteiger partial charge is 0.342 e. The molecule has 1 saturated heterocycles. The Kier molecular flexibility index (Phi) is 3.94. The maximum Gasteiger partial charge on any atom is 0.225 e. The fourth-order valence-corrected chi connectivity index (χ4v) is 1.72. The van der Waals surface area contributed by atoms with Crippen molar-refractivity contribution in [2.75, 3.05) is 13.1 Å². The van der Waals surface area contributed by atoms with Crippen LogP contribution < -0.4 is 0 Å². The molecule has 0 aromatic carbocycles. The van der Waals surface area contributed by atoms with Crippen LogP contribution in [-0.2, 0) is 4.79 Å². The number of likely N-dealkylation sites (tertiary alicyclic amines) is 1. The van der Waals surface area contributed by atoms with E-state index in [1.54, 1.807) is 0 Å². The normalized spacial score (nSPS) is 20.2. The van der Waals surface area contributed by atoms with Crippen molar-refractivity contribution in [1.82, 2.24) is 4.90 Å². The van der Waals surface area contributed by atoms with Gasteiger partial charge in [0.2, 0.25) is 5.91 Å². The van der Waals surface area contributed by atoms with Gasteiger partial charge in [-0.3, -0.25) is 4.79 Å². The highest BCUT2D eigenvalue weighted by Gasteiger charge is 2.24. The van der Waals surface area contributed by atoms with E-state index in [9.17, 15) is 4.79 Å². The highest BCUT2D eigenvalue weighted by molar-refractivity contribution is 5.78. The van der Waals surface area contributed by atoms with Gasteiger partial charge in [-0.15, -0.1) is 0 Å². The first kappa shape index (κ1) is 11.0. The molecule has 1 aliphatic heterocycles. The molecule has 14 heavy (non-hydrogen) atoms. The Morgan fingerprint density at radius 3 is 2.57 bits per heavy atom. The molecule has 1 fully saturated rings. The lowest BCUT2D eigenvalue weighted by atomic mass is 9.97. The van der Waals surface area contributed by atoms with Gasteiger partial charge in [-0.2, -0.15) is 5.26 Å². The van der Waals surface area contributed by atoms with Gasteiger partial charge in [0.05, 0.1) is 6.07 Å². The van der Waals surface area contributed by atoms with Gasteiger partial charge in [0.25, 0.3) is 0 Å². The molecule has 0 aromatic heterocycles. The average Bonchev–Trinajstić information content (AvgIpc) is 2.27. The average molecular weight is 194 g/mol. The summed E-state index contributed by atoms with van der Waals surface area (Å²) in [6.07, 6.45) is 2.59. The minimum atomic E-state index is 0.133. The minimum Gasteiger partial charge on any atom is -0.342 e. The van der Waals surface area contributed by atoms with Crippen LogP contribution in [0, 0.1) is 23.2 Å². The molecule has 3 nitrogen and oxygen atoms in total. The van der Waals surface area contributed by atoms with Crippen LogP contribution in [-0.4, -0.2) is 23.9 Å². The van der Waals surface area contributed by atoms with Crippen LogP contribution in [0.15, 0.2) is 0 Å². The lowest BCUT2D eigenvalue weighted by Crippen LogP contribution is -2.40. The molecule has 1 unspecified atom stereocenters. The summed E-state index contributed by atoms with van der Waals surface area (Å²) in [4.78, 5) is 13.7. The lowest BCUT2D eigenvalue weighted by Gasteiger charge is -2.31. The number of nitrogens with zero attached hydrogens (tertiary/aromatic N) is 2. The zero-order valence-corrected chi connectivity index (χ0v) is 8.99. The summed E-state index contributed by atoms with van der Waals surface area (Å²) in [6, 6.07) is 2.27. The van der Waals surface area contributed by atoms with E-state index in [4.69, 9.17) is 5.26 Å². The fraction of sp³-hybridized carbons (Fsp3) is 0.818. The number of amides is 1. The molecule has 0 saturated carbocycles. The zero-order valence-electron chi connectivity index (χ0n) is 8.99. The predicted molar refractivity (Wildman–Crippen MR) is 54.4 cm³/mol. The van der Waals surface area contributed by atoms with Crippen LogP contribution in [0.5, 0.6) is 0 Å². The van der Waals surface area contributed by atoms with E-state index in [0.29, 0.717) is 0 Å². The van der Waals surface area contributed by atoms with Crippen LogP contribution >= 0.6 is 0 Å². The minimum absolute atomic E-state index is 0.133. The van der Waals surface area contributed by atoms with E-state index in [0.717, 1.165) is 32.4 Å². The smallest absolute Gasteiger partial charge is 0.225 e. The van der Waals surface area contributed by atoms with Crippen molar-refractivity contribution in [2.24, 2.45) is 11.8 Å². The van der Waals surface area contributed by atoms with E-state index < -0.39 is 0 Å². The first-order valence-corrected chi connectivity index (χ1v) is 5.37. The number of hydrogen-bond acceptors (Lipinski definition) is 2. The molecule has 0 radical (unpaired) electrons. The Morgan fingerprint density at radius 1 is 1.57 bits per heavy atom. The van der Waals surface area contributed by atoms with Crippen molar-refractivity contribution in [1.29, 1.82) is 5.26 Å². The Morgan fingerprint density at radius 2 is 2.14 bits per heavy atom. The SMILES string of the molecule is CCC(C)C(=O)N1CCC(C#N)CC1. The Balaban J connectivity index is 2.42. The maximum absolute atomic E-state index is 11.8. The van der Waals surface area contributed by atoms with Crippen LogP contribution in [0.3, 0.4) is 0 Å². The Labute approximate surface area is 85.7 Å². The summed E-state index contributed by atoms with van der Waals surface area (Å²) in [5.41, 5.74) is 0. The van der Waals surface area contributed by atoms with Crippen molar-refractivity contribution in [3.8, 4) is 6.07 Å². The number of hydrogen-bond donors (Lipinski definition) is 0. The summed E-state index contributed by atoms with van der Waals surface area (Å²) in [6.45, 7) is 5.53. The molecule has 1 atom stereocenters. The van der Waals surface area contributed by atoms with Crippen molar-refractivity contribution in [3.05, 3.63) is 0 Å². The molecule has 0 spiro atoms. The van der Waals surface area contributed by atoms with Crippen molar-refractivity contribution >= 4 is 5.91 Å². The Hall–Kier alpha value is -1.04. The topological polar surface area (TPSA) is 44.1 Å². The van der Waals surface area contributed by atoms with Crippen LogP contribution in [0.4, 0.5) is 0 Å². The van der Waals surface area contributed by atoms with Gasteiger partial charge < -0.3 is 4.90 Å². The molecular formula is C11H18N2O. The highest BCUT2D eigenvalue weighted by Crippen LogP contribution is 2.18. The summed E-state index contributed by atoms with van der Waals surface area (Å²) in [5, 5.41) is 8.72. The van der Waals surface area contributed by atoms with Crippen LogP contribution in [0.2, 0.25) is 0 Å². The van der Waals surface area contributed by atoms with Crippen LogP contribution in [0.1, 0.15) is 33.1 Å². The summed E-state index contributed by atoms with van der Waals surface area (Å²) < 4.78 is 0. The van der Waals surface area contributed by atoms with E-state index in [1.165, 1.54) is 0 Å². The molecule has 1 heterocycles. The predicted octanol–water partition coefficient (Wildman–Crippen LogP) is 1.79. The number of carbonyl (C=O) groups excluding carboxylic acids is 1. The van der Waals surface area contributed by atoms with Crippen molar-refractivity contribution in [2.45, 2.75) is 33.1 Å². The second kappa shape index (κ2) is 4.99. The van der Waals surface area contributed by atoms with E-state index in [-0.39, 0.29) is 17.7 Å². The van der Waals surface area contributed by atoms with E-state index in [1.807, 2.05) is 18.7 Å². The quantitative estimate of drug-likeness (QED) is 0.672. The standard InChI is InChI=1S/C11H18N2O/c1-3-9(2)11(14)13-6-4-10(8-12)5-7-13/h9-10H,3-7H2,1-2H3. The van der Waals surface area contributed by atoms with E-state index >= 15 is 0 Å². The second-order valence-corrected chi connectivity index (χ2v) is 4.04. The molecule has 0 N–H and O–H groups in total. The molecular weight excluding hydrogens is 176 g/mol. The number of carbonyl (C=O) groups is 1. The number of rotatable bonds is 2. The fourth-order valence-electron chi connectivity index (χ4n) is 1.72. The summed E-state index contributed by atoms with van der Waals surface area (Å²) in [5.74, 6) is 0.550. The molecule has 3 heteroatoms. The van der Waals surface area contributed by atoms with Gasteiger partial charge in [0.15, 0.2) is 0 Å². The monoisotopic (exact) mass is 194 g/mol. The van der Waals surface area contributed by atoms with Gasteiger partial charge in [0, 0.05) is 24.9 Å². The maximum atomic E-state index is 11.8. The molecule has 1 aliphatic rings. The zero-order chi connectivity index (χ0) is 10.6.